The van der Waals surface area contributed by atoms with Crippen molar-refractivity contribution in [1.29, 1.82) is 0 Å². The minimum Gasteiger partial charge on any atom is -0.394 e. The number of thioether (sulfide) groups is 2. The molecule has 2 unspecified atom stereocenters. The predicted octanol–water partition coefficient (Wildman–Crippen LogP) is 1.51. The maximum atomic E-state index is 9.42. The number of ether oxygens (including phenoxy) is 1. The molecule has 0 radical (unpaired) electrons. The average molecular weight is 371 g/mol. The Labute approximate surface area is 149 Å². The lowest BCUT2D eigenvalue weighted by Gasteiger charge is -2.29. The highest BCUT2D eigenvalue weighted by atomic mass is 32.2. The third kappa shape index (κ3) is 13.5. The van der Waals surface area contributed by atoms with Gasteiger partial charge in [0.15, 0.2) is 0 Å². The van der Waals surface area contributed by atoms with Gasteiger partial charge in [-0.25, -0.2) is 0 Å². The van der Waals surface area contributed by atoms with Crippen molar-refractivity contribution in [3.05, 3.63) is 0 Å². The van der Waals surface area contributed by atoms with Crippen LogP contribution in [0.2, 0.25) is 0 Å². The molecule has 0 aromatic rings. The summed E-state index contributed by atoms with van der Waals surface area (Å²) in [5, 5.41) is 36.3. The Bertz CT molecular complexity index is 300. The molecule has 0 aliphatic rings. The summed E-state index contributed by atoms with van der Waals surface area (Å²) in [5.41, 5.74) is -0.220. The van der Waals surface area contributed by atoms with Crippen molar-refractivity contribution in [3.63, 3.8) is 0 Å². The number of aliphatic hydroxyl groups excluding tert-OH is 4. The first-order chi connectivity index (χ1) is 10.6. The Morgan fingerprint density at radius 3 is 2.04 bits per heavy atom. The van der Waals surface area contributed by atoms with Gasteiger partial charge in [-0.1, -0.05) is 13.8 Å². The molecular formula is C16H34O5S2. The largest absolute Gasteiger partial charge is 0.394 e. The molecule has 4 N–H and O–H groups in total. The lowest BCUT2D eigenvalue weighted by atomic mass is 10.1. The second-order valence-electron chi connectivity index (χ2n) is 6.93. The van der Waals surface area contributed by atoms with Crippen LogP contribution in [-0.4, -0.2) is 80.1 Å². The Balaban J connectivity index is 3.90. The summed E-state index contributed by atoms with van der Waals surface area (Å²) < 4.78 is 5.97. The zero-order valence-corrected chi connectivity index (χ0v) is 16.5. The summed E-state index contributed by atoms with van der Waals surface area (Å²) in [6, 6.07) is 0. The van der Waals surface area contributed by atoms with E-state index in [9.17, 15) is 10.2 Å². The molecule has 0 saturated heterocycles. The van der Waals surface area contributed by atoms with Crippen LogP contribution in [-0.2, 0) is 4.74 Å². The molecular weight excluding hydrogens is 336 g/mol. The number of rotatable bonds is 14. The molecule has 5 nitrogen and oxygen atoms in total. The third-order valence-electron chi connectivity index (χ3n) is 3.44. The molecule has 7 heteroatoms. The summed E-state index contributed by atoms with van der Waals surface area (Å²) in [6.45, 7) is 8.61. The predicted molar refractivity (Wildman–Crippen MR) is 99.3 cm³/mol. The summed E-state index contributed by atoms with van der Waals surface area (Å²) in [4.78, 5) is 0. The van der Waals surface area contributed by atoms with Gasteiger partial charge in [-0.2, -0.15) is 23.5 Å². The van der Waals surface area contributed by atoms with Gasteiger partial charge < -0.3 is 25.2 Å². The molecule has 0 saturated carbocycles. The van der Waals surface area contributed by atoms with Crippen molar-refractivity contribution >= 4 is 23.5 Å². The van der Waals surface area contributed by atoms with Crippen molar-refractivity contribution < 1.29 is 25.2 Å². The first-order valence-electron chi connectivity index (χ1n) is 8.05. The average Bonchev–Trinajstić information content (AvgIpc) is 2.48. The van der Waals surface area contributed by atoms with Gasteiger partial charge in [-0.15, -0.1) is 0 Å². The van der Waals surface area contributed by atoms with Gasteiger partial charge in [-0.3, -0.25) is 0 Å². The molecule has 0 aliphatic carbocycles. The Hall–Kier alpha value is 0.500. The highest BCUT2D eigenvalue weighted by Crippen LogP contribution is 2.29. The molecule has 140 valence electrons. The van der Waals surface area contributed by atoms with E-state index in [2.05, 4.69) is 27.7 Å². The van der Waals surface area contributed by atoms with Crippen LogP contribution in [0.3, 0.4) is 0 Å². The van der Waals surface area contributed by atoms with Gasteiger partial charge >= 0.3 is 0 Å². The van der Waals surface area contributed by atoms with E-state index in [1.165, 1.54) is 0 Å². The first kappa shape index (κ1) is 23.5. The molecule has 0 aromatic heterocycles. The Kier molecular flexibility index (Phi) is 12.2. The van der Waals surface area contributed by atoms with Gasteiger partial charge in [-0.05, 0) is 32.4 Å². The quantitative estimate of drug-likeness (QED) is 0.345. The van der Waals surface area contributed by atoms with Crippen LogP contribution in [0.25, 0.3) is 0 Å². The molecule has 0 amide bonds. The maximum Gasteiger partial charge on any atom is 0.0861 e. The minimum absolute atomic E-state index is 0.00772. The van der Waals surface area contributed by atoms with Crippen molar-refractivity contribution in [2.24, 2.45) is 0 Å². The van der Waals surface area contributed by atoms with E-state index in [1.54, 1.807) is 23.5 Å². The Morgan fingerprint density at radius 2 is 1.48 bits per heavy atom. The lowest BCUT2D eigenvalue weighted by Crippen LogP contribution is -2.29. The van der Waals surface area contributed by atoms with Crippen LogP contribution in [0.1, 0.15) is 40.5 Å². The summed E-state index contributed by atoms with van der Waals surface area (Å²) >= 11 is 3.26. The lowest BCUT2D eigenvalue weighted by molar-refractivity contribution is -0.0222. The fourth-order valence-corrected chi connectivity index (χ4v) is 3.84. The molecule has 23 heavy (non-hydrogen) atoms. The standard InChI is InChI=1S/C16H34O5S2/c1-15(2,6-8-22-11-13(19)9-17)21-7-5-16(3,4)23-12-14(20)10-18/h13-14,17-20H,5-12H2,1-4H3. The van der Waals surface area contributed by atoms with E-state index >= 15 is 0 Å². The monoisotopic (exact) mass is 370 g/mol. The van der Waals surface area contributed by atoms with E-state index in [0.717, 1.165) is 18.6 Å². The number of hydrogen-bond acceptors (Lipinski definition) is 7. The molecule has 0 rings (SSSR count). The smallest absolute Gasteiger partial charge is 0.0861 e. The van der Waals surface area contributed by atoms with Crippen molar-refractivity contribution in [3.8, 4) is 0 Å². The van der Waals surface area contributed by atoms with Crippen LogP contribution in [0, 0.1) is 0 Å². The fourth-order valence-electron chi connectivity index (χ4n) is 1.68. The van der Waals surface area contributed by atoms with E-state index in [4.69, 9.17) is 14.9 Å². The second-order valence-corrected chi connectivity index (χ2v) is 9.80. The third-order valence-corrected chi connectivity index (χ3v) is 6.09. The van der Waals surface area contributed by atoms with Crippen molar-refractivity contribution in [2.75, 3.05) is 37.1 Å². The molecule has 2 atom stereocenters. The second kappa shape index (κ2) is 12.0. The van der Waals surface area contributed by atoms with Crippen LogP contribution in [0.4, 0.5) is 0 Å². The fraction of sp³-hybridized carbons (Fsp3) is 1.00. The maximum absolute atomic E-state index is 9.42. The van der Waals surface area contributed by atoms with Crippen LogP contribution in [0.5, 0.6) is 0 Å². The van der Waals surface area contributed by atoms with E-state index in [1.807, 2.05) is 0 Å². The minimum atomic E-state index is -0.664. The summed E-state index contributed by atoms with van der Waals surface area (Å²) in [6.07, 6.45) is 0.446. The molecule has 0 spiro atoms. The van der Waals surface area contributed by atoms with Crippen molar-refractivity contribution in [2.45, 2.75) is 63.1 Å². The normalized spacial score (nSPS) is 15.7. The zero-order chi connectivity index (χ0) is 17.9. The zero-order valence-electron chi connectivity index (χ0n) is 14.8. The number of aliphatic hydroxyl groups is 4. The summed E-state index contributed by atoms with van der Waals surface area (Å²) in [7, 11) is 0. The topological polar surface area (TPSA) is 90.2 Å². The summed E-state index contributed by atoms with van der Waals surface area (Å²) in [5.74, 6) is 1.95. The molecule has 0 fully saturated rings. The van der Waals surface area contributed by atoms with Gasteiger partial charge in [0.05, 0.1) is 31.0 Å². The van der Waals surface area contributed by atoms with Crippen LogP contribution in [0.15, 0.2) is 0 Å². The SMILES string of the molecule is CC(C)(CCSCC(O)CO)OCCC(C)(C)SCC(O)CO. The van der Waals surface area contributed by atoms with Crippen molar-refractivity contribution in [1.82, 2.24) is 0 Å². The highest BCUT2D eigenvalue weighted by Gasteiger charge is 2.23. The number of hydrogen-bond donors (Lipinski definition) is 4. The van der Waals surface area contributed by atoms with Gasteiger partial charge in [0, 0.05) is 22.9 Å². The van der Waals surface area contributed by atoms with Crippen LogP contribution >= 0.6 is 23.5 Å². The molecule has 0 aromatic carbocycles. The first-order valence-corrected chi connectivity index (χ1v) is 10.2. The molecule has 0 bridgehead atoms. The molecule has 0 heterocycles. The Morgan fingerprint density at radius 1 is 0.913 bits per heavy atom. The van der Waals surface area contributed by atoms with Gasteiger partial charge in [0.1, 0.15) is 0 Å². The highest BCUT2D eigenvalue weighted by molar-refractivity contribution is 8.00. The van der Waals surface area contributed by atoms with Crippen LogP contribution < -0.4 is 0 Å². The van der Waals surface area contributed by atoms with E-state index in [0.29, 0.717) is 18.1 Å². The van der Waals surface area contributed by atoms with E-state index < -0.39 is 12.2 Å². The molecule has 0 aliphatic heterocycles. The van der Waals surface area contributed by atoms with E-state index in [-0.39, 0.29) is 23.6 Å². The van der Waals surface area contributed by atoms with Gasteiger partial charge in [0.2, 0.25) is 0 Å². The van der Waals surface area contributed by atoms with Gasteiger partial charge in [0.25, 0.3) is 0 Å².